The SMILES string of the molecule is Cc1cc(C(N)C2C(C)(C)C2(C)C)c(Cl)cc1F. The second-order valence-electron chi connectivity index (χ2n) is 6.57. The number of hydrogen-bond donors (Lipinski definition) is 1. The van der Waals surface area contributed by atoms with Gasteiger partial charge >= 0.3 is 0 Å². The maximum Gasteiger partial charge on any atom is 0.127 e. The molecule has 0 aliphatic heterocycles. The fourth-order valence-electron chi connectivity index (χ4n) is 3.26. The van der Waals surface area contributed by atoms with Crippen LogP contribution in [0.25, 0.3) is 0 Å². The Balaban J connectivity index is 2.37. The van der Waals surface area contributed by atoms with E-state index < -0.39 is 0 Å². The van der Waals surface area contributed by atoms with Gasteiger partial charge in [-0.3, -0.25) is 0 Å². The molecule has 3 heteroatoms. The Morgan fingerprint density at radius 3 is 2.17 bits per heavy atom. The molecular weight excluding hydrogens is 249 g/mol. The van der Waals surface area contributed by atoms with E-state index in [1.54, 1.807) is 13.0 Å². The average molecular weight is 270 g/mol. The lowest BCUT2D eigenvalue weighted by atomic mass is 9.96. The lowest BCUT2D eigenvalue weighted by molar-refractivity contribution is 0.457. The summed E-state index contributed by atoms with van der Waals surface area (Å²) < 4.78 is 13.4. The highest BCUT2D eigenvalue weighted by Crippen LogP contribution is 2.72. The molecule has 0 amide bonds. The van der Waals surface area contributed by atoms with E-state index in [2.05, 4.69) is 27.7 Å². The molecule has 0 spiro atoms. The highest BCUT2D eigenvalue weighted by atomic mass is 35.5. The second-order valence-corrected chi connectivity index (χ2v) is 6.98. The predicted octanol–water partition coefficient (Wildman–Crippen LogP) is 4.47. The van der Waals surface area contributed by atoms with Gasteiger partial charge in [0, 0.05) is 11.1 Å². The predicted molar refractivity (Wildman–Crippen MR) is 74.1 cm³/mol. The topological polar surface area (TPSA) is 26.0 Å². The number of aryl methyl sites for hydroxylation is 1. The summed E-state index contributed by atoms with van der Waals surface area (Å²) in [4.78, 5) is 0. The smallest absolute Gasteiger partial charge is 0.127 e. The van der Waals surface area contributed by atoms with Gasteiger partial charge in [-0.15, -0.1) is 0 Å². The number of halogens is 2. The summed E-state index contributed by atoms with van der Waals surface area (Å²) in [5, 5.41) is 0.434. The molecule has 1 aliphatic rings. The van der Waals surface area contributed by atoms with Crippen molar-refractivity contribution in [2.45, 2.75) is 40.7 Å². The Morgan fingerprint density at radius 1 is 1.22 bits per heavy atom. The molecule has 100 valence electrons. The molecule has 0 radical (unpaired) electrons. The lowest BCUT2D eigenvalue weighted by Gasteiger charge is -2.17. The minimum atomic E-state index is -0.273. The zero-order valence-electron chi connectivity index (χ0n) is 11.6. The van der Waals surface area contributed by atoms with Gasteiger partial charge in [0.15, 0.2) is 0 Å². The maximum atomic E-state index is 13.4. The molecule has 0 heterocycles. The van der Waals surface area contributed by atoms with Crippen LogP contribution >= 0.6 is 11.6 Å². The van der Waals surface area contributed by atoms with Crippen molar-refractivity contribution in [1.29, 1.82) is 0 Å². The van der Waals surface area contributed by atoms with E-state index in [0.29, 0.717) is 16.5 Å². The van der Waals surface area contributed by atoms with Crippen molar-refractivity contribution in [3.63, 3.8) is 0 Å². The van der Waals surface area contributed by atoms with Crippen molar-refractivity contribution < 1.29 is 4.39 Å². The first-order valence-electron chi connectivity index (χ1n) is 6.32. The Hall–Kier alpha value is -0.600. The Labute approximate surface area is 114 Å². The van der Waals surface area contributed by atoms with E-state index in [0.717, 1.165) is 5.56 Å². The molecule has 0 aromatic heterocycles. The Morgan fingerprint density at radius 2 is 1.72 bits per heavy atom. The molecule has 1 aromatic carbocycles. The number of benzene rings is 1. The van der Waals surface area contributed by atoms with Crippen LogP contribution in [0.2, 0.25) is 5.02 Å². The first kappa shape index (κ1) is 13.8. The van der Waals surface area contributed by atoms with Gasteiger partial charge in [0.1, 0.15) is 5.82 Å². The van der Waals surface area contributed by atoms with Crippen molar-refractivity contribution in [2.75, 3.05) is 0 Å². The molecule has 1 aliphatic carbocycles. The quantitative estimate of drug-likeness (QED) is 0.842. The molecule has 2 N–H and O–H groups in total. The molecule has 1 nitrogen and oxygen atoms in total. The molecule has 1 saturated carbocycles. The summed E-state index contributed by atoms with van der Waals surface area (Å²) >= 11 is 6.13. The summed E-state index contributed by atoms with van der Waals surface area (Å²) in [5.74, 6) is 0.0950. The third-order valence-electron chi connectivity index (χ3n) is 5.13. The van der Waals surface area contributed by atoms with Crippen LogP contribution in [-0.2, 0) is 0 Å². The van der Waals surface area contributed by atoms with Crippen LogP contribution in [0.15, 0.2) is 12.1 Å². The van der Waals surface area contributed by atoms with Crippen LogP contribution in [0.4, 0.5) is 4.39 Å². The molecule has 1 fully saturated rings. The van der Waals surface area contributed by atoms with Gasteiger partial charge in [-0.2, -0.15) is 0 Å². The maximum absolute atomic E-state index is 13.4. The summed E-state index contributed by atoms with van der Waals surface area (Å²) in [7, 11) is 0. The highest BCUT2D eigenvalue weighted by molar-refractivity contribution is 6.31. The largest absolute Gasteiger partial charge is 0.324 e. The van der Waals surface area contributed by atoms with Crippen molar-refractivity contribution in [1.82, 2.24) is 0 Å². The first-order chi connectivity index (χ1) is 8.10. The fourth-order valence-corrected chi connectivity index (χ4v) is 3.54. The minimum absolute atomic E-state index is 0.137. The van der Waals surface area contributed by atoms with Gasteiger partial charge in [0.05, 0.1) is 0 Å². The van der Waals surface area contributed by atoms with E-state index in [1.807, 2.05) is 0 Å². The highest BCUT2D eigenvalue weighted by Gasteiger charge is 2.66. The van der Waals surface area contributed by atoms with E-state index in [4.69, 9.17) is 17.3 Å². The summed E-state index contributed by atoms with van der Waals surface area (Å²) in [6, 6.07) is 3.02. The van der Waals surface area contributed by atoms with Crippen molar-refractivity contribution >= 4 is 11.6 Å². The van der Waals surface area contributed by atoms with Gasteiger partial charge in [0.2, 0.25) is 0 Å². The van der Waals surface area contributed by atoms with E-state index >= 15 is 0 Å². The van der Waals surface area contributed by atoms with Crippen molar-refractivity contribution in [3.8, 4) is 0 Å². The van der Waals surface area contributed by atoms with Crippen molar-refractivity contribution in [2.24, 2.45) is 22.5 Å². The monoisotopic (exact) mass is 269 g/mol. The third-order valence-corrected chi connectivity index (χ3v) is 5.46. The van der Waals surface area contributed by atoms with Gasteiger partial charge in [-0.25, -0.2) is 4.39 Å². The molecule has 18 heavy (non-hydrogen) atoms. The standard InChI is InChI=1S/C15H21ClFN/c1-8-6-9(10(16)7-11(8)17)12(18)13-14(2,3)15(13,4)5/h6-7,12-13H,18H2,1-5H3. The Kier molecular flexibility index (Phi) is 3.03. The van der Waals surface area contributed by atoms with Gasteiger partial charge in [-0.1, -0.05) is 45.4 Å². The molecular formula is C15H21ClFN. The molecule has 2 rings (SSSR count). The van der Waals surface area contributed by atoms with Crippen LogP contribution in [0.1, 0.15) is 44.9 Å². The number of hydrogen-bond acceptors (Lipinski definition) is 1. The van der Waals surface area contributed by atoms with E-state index in [1.165, 1.54) is 6.07 Å². The number of nitrogens with two attached hydrogens (primary N) is 1. The van der Waals surface area contributed by atoms with Crippen LogP contribution < -0.4 is 5.73 Å². The van der Waals surface area contributed by atoms with Crippen LogP contribution in [0.5, 0.6) is 0 Å². The average Bonchev–Trinajstić information content (AvgIpc) is 2.62. The Bertz CT molecular complexity index is 480. The van der Waals surface area contributed by atoms with E-state index in [9.17, 15) is 4.39 Å². The zero-order valence-corrected chi connectivity index (χ0v) is 12.4. The lowest BCUT2D eigenvalue weighted by Crippen LogP contribution is -2.17. The van der Waals surface area contributed by atoms with Gasteiger partial charge in [0.25, 0.3) is 0 Å². The molecule has 1 atom stereocenters. The molecule has 1 aromatic rings. The molecule has 1 unspecified atom stereocenters. The third kappa shape index (κ3) is 1.78. The van der Waals surface area contributed by atoms with Crippen LogP contribution in [0.3, 0.4) is 0 Å². The summed E-state index contributed by atoms with van der Waals surface area (Å²) in [6.07, 6.45) is 0. The van der Waals surface area contributed by atoms with Crippen LogP contribution in [-0.4, -0.2) is 0 Å². The van der Waals surface area contributed by atoms with Crippen LogP contribution in [0, 0.1) is 29.5 Å². The normalized spacial score (nSPS) is 22.9. The zero-order chi connectivity index (χ0) is 13.9. The van der Waals surface area contributed by atoms with Gasteiger partial charge < -0.3 is 5.73 Å². The second kappa shape index (κ2) is 3.94. The van der Waals surface area contributed by atoms with E-state index in [-0.39, 0.29) is 22.7 Å². The molecule has 0 saturated heterocycles. The number of rotatable bonds is 2. The fraction of sp³-hybridized carbons (Fsp3) is 0.600. The summed E-state index contributed by atoms with van der Waals surface area (Å²) in [5.41, 5.74) is 8.21. The first-order valence-corrected chi connectivity index (χ1v) is 6.69. The van der Waals surface area contributed by atoms with Gasteiger partial charge in [-0.05, 0) is 40.9 Å². The minimum Gasteiger partial charge on any atom is -0.324 e. The van der Waals surface area contributed by atoms with Crippen molar-refractivity contribution in [3.05, 3.63) is 34.1 Å². The molecule has 0 bridgehead atoms. The summed E-state index contributed by atoms with van der Waals surface area (Å²) in [6.45, 7) is 10.6.